The van der Waals surface area contributed by atoms with E-state index < -0.39 is 0 Å². The Bertz CT molecular complexity index is 622. The van der Waals surface area contributed by atoms with Crippen molar-refractivity contribution >= 4 is 12.0 Å². The summed E-state index contributed by atoms with van der Waals surface area (Å²) < 4.78 is 5.41. The Morgan fingerprint density at radius 3 is 2.57 bits per heavy atom. The molecular formula is C18H21NO2. The van der Waals surface area contributed by atoms with Gasteiger partial charge in [-0.1, -0.05) is 18.2 Å². The summed E-state index contributed by atoms with van der Waals surface area (Å²) in [6.45, 7) is 5.84. The molecular weight excluding hydrogens is 262 g/mol. The molecule has 0 fully saturated rings. The molecule has 2 aromatic carbocycles. The maximum atomic E-state index is 11.0. The topological polar surface area (TPSA) is 29.5 Å². The number of nitrogens with zero attached hydrogens (tertiary/aromatic N) is 1. The second kappa shape index (κ2) is 6.93. The minimum Gasteiger partial charge on any atom is -0.496 e. The van der Waals surface area contributed by atoms with Crippen LogP contribution in [-0.4, -0.2) is 19.9 Å². The van der Waals surface area contributed by atoms with E-state index in [1.54, 1.807) is 13.2 Å². The predicted octanol–water partition coefficient (Wildman–Crippen LogP) is 3.84. The zero-order valence-corrected chi connectivity index (χ0v) is 12.8. The lowest BCUT2D eigenvalue weighted by Crippen LogP contribution is -2.23. The lowest BCUT2D eigenvalue weighted by Gasteiger charge is -2.26. The van der Waals surface area contributed by atoms with Crippen LogP contribution in [0.1, 0.15) is 28.4 Å². The van der Waals surface area contributed by atoms with E-state index in [4.69, 9.17) is 4.74 Å². The molecule has 3 nitrogen and oxygen atoms in total. The van der Waals surface area contributed by atoms with E-state index in [9.17, 15) is 4.79 Å². The monoisotopic (exact) mass is 283 g/mol. The summed E-state index contributed by atoms with van der Waals surface area (Å²) in [7, 11) is 1.66. The van der Waals surface area contributed by atoms with Crippen molar-refractivity contribution < 1.29 is 9.53 Å². The molecule has 0 spiro atoms. The van der Waals surface area contributed by atoms with Crippen LogP contribution in [0.15, 0.2) is 42.5 Å². The van der Waals surface area contributed by atoms with Crippen molar-refractivity contribution in [3.05, 3.63) is 59.2 Å². The minimum atomic E-state index is 0.673. The molecule has 2 aromatic rings. The van der Waals surface area contributed by atoms with Crippen molar-refractivity contribution in [2.75, 3.05) is 18.6 Å². The van der Waals surface area contributed by atoms with Crippen molar-refractivity contribution in [1.29, 1.82) is 0 Å². The summed E-state index contributed by atoms with van der Waals surface area (Å²) >= 11 is 0. The molecule has 0 atom stereocenters. The third-order valence-electron chi connectivity index (χ3n) is 3.64. The number of ether oxygens (including phenoxy) is 1. The Morgan fingerprint density at radius 1 is 1.19 bits per heavy atom. The Morgan fingerprint density at radius 2 is 1.95 bits per heavy atom. The molecule has 0 aliphatic heterocycles. The van der Waals surface area contributed by atoms with Crippen LogP contribution >= 0.6 is 0 Å². The Kier molecular flexibility index (Phi) is 4.99. The first-order valence-corrected chi connectivity index (χ1v) is 7.12. The first kappa shape index (κ1) is 15.1. The fraction of sp³-hybridized carbons (Fsp3) is 0.278. The van der Waals surface area contributed by atoms with Gasteiger partial charge in [-0.05, 0) is 43.7 Å². The highest BCUT2D eigenvalue weighted by molar-refractivity contribution is 5.75. The van der Waals surface area contributed by atoms with Gasteiger partial charge in [0.1, 0.15) is 12.0 Å². The molecule has 0 unspecified atom stereocenters. The van der Waals surface area contributed by atoms with Crippen molar-refractivity contribution in [3.8, 4) is 5.75 Å². The Labute approximate surface area is 126 Å². The number of aryl methyl sites for hydroxylation is 1. The van der Waals surface area contributed by atoms with E-state index in [-0.39, 0.29) is 0 Å². The van der Waals surface area contributed by atoms with Crippen LogP contribution in [0.25, 0.3) is 0 Å². The summed E-state index contributed by atoms with van der Waals surface area (Å²) in [5, 5.41) is 0. The van der Waals surface area contributed by atoms with Gasteiger partial charge >= 0.3 is 0 Å². The summed E-state index contributed by atoms with van der Waals surface area (Å²) in [4.78, 5) is 13.3. The summed E-state index contributed by atoms with van der Waals surface area (Å²) in [5.41, 5.74) is 4.14. The summed E-state index contributed by atoms with van der Waals surface area (Å²) in [6, 6.07) is 13.8. The van der Waals surface area contributed by atoms with E-state index >= 15 is 0 Å². The van der Waals surface area contributed by atoms with Crippen LogP contribution in [-0.2, 0) is 6.54 Å². The number of hydrogen-bond donors (Lipinski definition) is 0. The summed E-state index contributed by atoms with van der Waals surface area (Å²) in [5.74, 6) is 0.813. The van der Waals surface area contributed by atoms with Crippen molar-refractivity contribution in [2.45, 2.75) is 20.4 Å². The fourth-order valence-corrected chi connectivity index (χ4v) is 2.49. The third kappa shape index (κ3) is 3.43. The maximum Gasteiger partial charge on any atom is 0.150 e. The highest BCUT2D eigenvalue weighted by atomic mass is 16.5. The molecule has 2 rings (SSSR count). The second-order valence-electron chi connectivity index (χ2n) is 4.99. The van der Waals surface area contributed by atoms with Gasteiger partial charge < -0.3 is 9.64 Å². The number of aldehydes is 1. The smallest absolute Gasteiger partial charge is 0.150 e. The molecule has 21 heavy (non-hydrogen) atoms. The SMILES string of the molecule is CCN(Cc1cc(C=O)ccc1OC)c1ccccc1C. The van der Waals surface area contributed by atoms with E-state index in [2.05, 4.69) is 30.9 Å². The van der Waals surface area contributed by atoms with Crippen LogP contribution in [0.5, 0.6) is 5.75 Å². The molecule has 0 heterocycles. The number of carbonyl (C=O) groups excluding carboxylic acids is 1. The van der Waals surface area contributed by atoms with E-state index in [0.29, 0.717) is 12.1 Å². The Balaban J connectivity index is 2.34. The van der Waals surface area contributed by atoms with E-state index in [1.807, 2.05) is 24.3 Å². The molecule has 0 bridgehead atoms. The lowest BCUT2D eigenvalue weighted by atomic mass is 10.1. The molecule has 0 aliphatic rings. The highest BCUT2D eigenvalue weighted by Gasteiger charge is 2.11. The fourth-order valence-electron chi connectivity index (χ4n) is 2.49. The van der Waals surface area contributed by atoms with Gasteiger partial charge in [0.25, 0.3) is 0 Å². The van der Waals surface area contributed by atoms with Gasteiger partial charge in [0, 0.05) is 29.9 Å². The van der Waals surface area contributed by atoms with Crippen LogP contribution in [0.4, 0.5) is 5.69 Å². The minimum absolute atomic E-state index is 0.673. The molecule has 0 aromatic heterocycles. The largest absolute Gasteiger partial charge is 0.496 e. The lowest BCUT2D eigenvalue weighted by molar-refractivity contribution is 0.112. The average molecular weight is 283 g/mol. The molecule has 0 aliphatic carbocycles. The number of methoxy groups -OCH3 is 1. The highest BCUT2D eigenvalue weighted by Crippen LogP contribution is 2.26. The van der Waals surface area contributed by atoms with Gasteiger partial charge in [0.15, 0.2) is 0 Å². The maximum absolute atomic E-state index is 11.0. The summed E-state index contributed by atoms with van der Waals surface area (Å²) in [6.07, 6.45) is 0.868. The number of para-hydroxylation sites is 1. The first-order valence-electron chi connectivity index (χ1n) is 7.12. The van der Waals surface area contributed by atoms with Gasteiger partial charge in [-0.15, -0.1) is 0 Å². The molecule has 0 saturated heterocycles. The van der Waals surface area contributed by atoms with Crippen LogP contribution < -0.4 is 9.64 Å². The van der Waals surface area contributed by atoms with Crippen LogP contribution in [0.2, 0.25) is 0 Å². The number of benzene rings is 2. The van der Waals surface area contributed by atoms with E-state index in [0.717, 1.165) is 24.1 Å². The molecule has 0 radical (unpaired) electrons. The molecule has 0 saturated carbocycles. The Hall–Kier alpha value is -2.29. The first-order chi connectivity index (χ1) is 10.2. The van der Waals surface area contributed by atoms with Crippen LogP contribution in [0.3, 0.4) is 0 Å². The van der Waals surface area contributed by atoms with Gasteiger partial charge in [0.05, 0.1) is 7.11 Å². The average Bonchev–Trinajstić information content (AvgIpc) is 2.53. The number of hydrogen-bond acceptors (Lipinski definition) is 3. The predicted molar refractivity (Wildman–Crippen MR) is 86.3 cm³/mol. The normalized spacial score (nSPS) is 10.2. The van der Waals surface area contributed by atoms with Crippen LogP contribution in [0, 0.1) is 6.92 Å². The standard InChI is InChI=1S/C18H21NO2/c1-4-19(17-8-6-5-7-14(17)2)12-16-11-15(13-20)9-10-18(16)21-3/h5-11,13H,4,12H2,1-3H3. The van der Waals surface area contributed by atoms with Crippen molar-refractivity contribution in [3.63, 3.8) is 0 Å². The molecule has 110 valence electrons. The van der Waals surface area contributed by atoms with Crippen molar-refractivity contribution in [2.24, 2.45) is 0 Å². The zero-order valence-electron chi connectivity index (χ0n) is 12.8. The van der Waals surface area contributed by atoms with Gasteiger partial charge in [-0.25, -0.2) is 0 Å². The van der Waals surface area contributed by atoms with Gasteiger partial charge in [-0.3, -0.25) is 4.79 Å². The molecule has 3 heteroatoms. The number of carbonyl (C=O) groups is 1. The van der Waals surface area contributed by atoms with Gasteiger partial charge in [0.2, 0.25) is 0 Å². The zero-order chi connectivity index (χ0) is 15.2. The quantitative estimate of drug-likeness (QED) is 0.754. The van der Waals surface area contributed by atoms with E-state index in [1.165, 1.54) is 11.3 Å². The molecule has 0 N–H and O–H groups in total. The van der Waals surface area contributed by atoms with Crippen molar-refractivity contribution in [1.82, 2.24) is 0 Å². The second-order valence-corrected chi connectivity index (χ2v) is 4.99. The number of anilines is 1. The molecule has 0 amide bonds. The third-order valence-corrected chi connectivity index (χ3v) is 3.64. The number of rotatable bonds is 6. The van der Waals surface area contributed by atoms with Gasteiger partial charge in [-0.2, -0.15) is 0 Å².